The first kappa shape index (κ1) is 14.0. The van der Waals surface area contributed by atoms with Crippen LogP contribution in [0.5, 0.6) is 5.75 Å². The van der Waals surface area contributed by atoms with Gasteiger partial charge >= 0.3 is 0 Å². The number of ether oxygens (including phenoxy) is 1. The summed E-state index contributed by atoms with van der Waals surface area (Å²) in [7, 11) is -2.98. The van der Waals surface area contributed by atoms with E-state index in [0.717, 1.165) is 23.3 Å². The Morgan fingerprint density at radius 1 is 1.35 bits per heavy atom. The minimum atomic E-state index is -2.98. The summed E-state index contributed by atoms with van der Waals surface area (Å²) in [6.07, 6.45) is 1.93. The lowest BCUT2D eigenvalue weighted by atomic mass is 10.1. The summed E-state index contributed by atoms with van der Waals surface area (Å²) in [5, 5.41) is 0. The van der Waals surface area contributed by atoms with Gasteiger partial charge in [-0.15, -0.1) is 0 Å². The first-order chi connectivity index (χ1) is 7.92. The molecule has 2 N–H and O–H groups in total. The second kappa shape index (κ2) is 6.02. The Morgan fingerprint density at radius 2 is 2.06 bits per heavy atom. The standard InChI is InChI=1S/C12H19NO3S/c1-10-3-4-12(11(9-10)5-6-13)16-7-8-17(2,14)15/h3-4,9H,5-8,13H2,1-2H3. The van der Waals surface area contributed by atoms with Crippen LogP contribution >= 0.6 is 0 Å². The third-order valence-electron chi connectivity index (χ3n) is 2.34. The zero-order valence-electron chi connectivity index (χ0n) is 10.3. The van der Waals surface area contributed by atoms with Crippen LogP contribution < -0.4 is 10.5 Å². The molecule has 0 amide bonds. The molecule has 0 saturated heterocycles. The molecule has 0 fully saturated rings. The van der Waals surface area contributed by atoms with E-state index in [-0.39, 0.29) is 12.4 Å². The molecule has 0 radical (unpaired) electrons. The zero-order chi connectivity index (χ0) is 12.9. The van der Waals surface area contributed by atoms with Crippen LogP contribution in [0.25, 0.3) is 0 Å². The molecule has 1 aromatic carbocycles. The third-order valence-corrected chi connectivity index (χ3v) is 3.25. The summed E-state index contributed by atoms with van der Waals surface area (Å²) in [5.74, 6) is 0.757. The van der Waals surface area contributed by atoms with Gasteiger partial charge in [-0.1, -0.05) is 17.7 Å². The predicted molar refractivity (Wildman–Crippen MR) is 69.1 cm³/mol. The Labute approximate surface area is 103 Å². The fraction of sp³-hybridized carbons (Fsp3) is 0.500. The number of hydrogen-bond acceptors (Lipinski definition) is 4. The molecule has 5 heteroatoms. The highest BCUT2D eigenvalue weighted by Crippen LogP contribution is 2.20. The lowest BCUT2D eigenvalue weighted by molar-refractivity contribution is 0.337. The second-order valence-corrected chi connectivity index (χ2v) is 6.39. The molecule has 96 valence electrons. The molecule has 0 spiro atoms. The SMILES string of the molecule is Cc1ccc(OCCS(C)(=O)=O)c(CCN)c1. The molecule has 0 aliphatic carbocycles. The number of rotatable bonds is 6. The third kappa shape index (κ3) is 5.19. The van der Waals surface area contributed by atoms with Crippen molar-refractivity contribution in [3.05, 3.63) is 29.3 Å². The Bertz CT molecular complexity index is 469. The molecular formula is C12H19NO3S. The van der Waals surface area contributed by atoms with E-state index in [2.05, 4.69) is 0 Å². The number of aryl methyl sites for hydroxylation is 1. The molecule has 0 aromatic heterocycles. The number of benzene rings is 1. The Balaban J connectivity index is 2.69. The maximum Gasteiger partial charge on any atom is 0.150 e. The summed E-state index contributed by atoms with van der Waals surface area (Å²) in [6, 6.07) is 5.82. The van der Waals surface area contributed by atoms with Crippen LogP contribution in [0.2, 0.25) is 0 Å². The van der Waals surface area contributed by atoms with Gasteiger partial charge in [0.15, 0.2) is 9.84 Å². The van der Waals surface area contributed by atoms with Gasteiger partial charge in [-0.3, -0.25) is 0 Å². The summed E-state index contributed by atoms with van der Waals surface area (Å²) < 4.78 is 27.5. The molecule has 0 heterocycles. The molecule has 0 bridgehead atoms. The van der Waals surface area contributed by atoms with Crippen molar-refractivity contribution >= 4 is 9.84 Å². The highest BCUT2D eigenvalue weighted by molar-refractivity contribution is 7.90. The van der Waals surface area contributed by atoms with Gasteiger partial charge < -0.3 is 10.5 Å². The molecule has 0 aliphatic rings. The van der Waals surface area contributed by atoms with E-state index in [9.17, 15) is 8.42 Å². The van der Waals surface area contributed by atoms with Crippen LogP contribution in [0, 0.1) is 6.92 Å². The van der Waals surface area contributed by atoms with Gasteiger partial charge in [-0.05, 0) is 31.5 Å². The largest absolute Gasteiger partial charge is 0.492 e. The van der Waals surface area contributed by atoms with E-state index in [0.29, 0.717) is 6.54 Å². The van der Waals surface area contributed by atoms with Crippen molar-refractivity contribution < 1.29 is 13.2 Å². The molecule has 1 rings (SSSR count). The molecule has 4 nitrogen and oxygen atoms in total. The van der Waals surface area contributed by atoms with E-state index in [4.69, 9.17) is 10.5 Å². The minimum Gasteiger partial charge on any atom is -0.492 e. The van der Waals surface area contributed by atoms with Gasteiger partial charge in [0.1, 0.15) is 12.4 Å². The van der Waals surface area contributed by atoms with E-state index >= 15 is 0 Å². The van der Waals surface area contributed by atoms with Crippen LogP contribution in [0.15, 0.2) is 18.2 Å². The normalized spacial score (nSPS) is 11.5. The van der Waals surface area contributed by atoms with Crippen LogP contribution in [0.1, 0.15) is 11.1 Å². The summed E-state index contributed by atoms with van der Waals surface area (Å²) in [5.41, 5.74) is 7.70. The topological polar surface area (TPSA) is 69.4 Å². The van der Waals surface area contributed by atoms with Crippen molar-refractivity contribution in [2.45, 2.75) is 13.3 Å². The van der Waals surface area contributed by atoms with Crippen molar-refractivity contribution in [1.82, 2.24) is 0 Å². The zero-order valence-corrected chi connectivity index (χ0v) is 11.1. The molecule has 0 aliphatic heterocycles. The van der Waals surface area contributed by atoms with Crippen LogP contribution in [-0.4, -0.2) is 33.6 Å². The summed E-state index contributed by atoms with van der Waals surface area (Å²) in [4.78, 5) is 0. The Morgan fingerprint density at radius 3 is 2.65 bits per heavy atom. The fourth-order valence-electron chi connectivity index (χ4n) is 1.50. The van der Waals surface area contributed by atoms with Gasteiger partial charge in [-0.2, -0.15) is 0 Å². The summed E-state index contributed by atoms with van der Waals surface area (Å²) in [6.45, 7) is 2.73. The van der Waals surface area contributed by atoms with Crippen LogP contribution in [0.3, 0.4) is 0 Å². The van der Waals surface area contributed by atoms with E-state index in [1.54, 1.807) is 0 Å². The van der Waals surface area contributed by atoms with Gasteiger partial charge in [0, 0.05) is 6.26 Å². The highest BCUT2D eigenvalue weighted by atomic mass is 32.2. The predicted octanol–water partition coefficient (Wildman–Crippen LogP) is 0.920. The van der Waals surface area contributed by atoms with Gasteiger partial charge in [0.05, 0.1) is 5.75 Å². The first-order valence-corrected chi connectivity index (χ1v) is 7.58. The average molecular weight is 257 g/mol. The molecule has 0 unspecified atom stereocenters. The summed E-state index contributed by atoms with van der Waals surface area (Å²) >= 11 is 0. The second-order valence-electron chi connectivity index (χ2n) is 4.13. The lowest BCUT2D eigenvalue weighted by Gasteiger charge is -2.11. The molecule has 0 atom stereocenters. The van der Waals surface area contributed by atoms with Gasteiger partial charge in [-0.25, -0.2) is 8.42 Å². The molecule has 0 saturated carbocycles. The van der Waals surface area contributed by atoms with Crippen molar-refractivity contribution in [1.29, 1.82) is 0 Å². The Kier molecular flexibility index (Phi) is 4.96. The maximum absolute atomic E-state index is 11.0. The van der Waals surface area contributed by atoms with Crippen molar-refractivity contribution in [2.24, 2.45) is 5.73 Å². The quantitative estimate of drug-likeness (QED) is 0.822. The van der Waals surface area contributed by atoms with Crippen LogP contribution in [0.4, 0.5) is 0 Å². The lowest BCUT2D eigenvalue weighted by Crippen LogP contribution is -2.13. The van der Waals surface area contributed by atoms with E-state index in [1.807, 2.05) is 25.1 Å². The van der Waals surface area contributed by atoms with Crippen molar-refractivity contribution in [3.8, 4) is 5.75 Å². The van der Waals surface area contributed by atoms with Gasteiger partial charge in [0.25, 0.3) is 0 Å². The molecule has 1 aromatic rings. The minimum absolute atomic E-state index is 0.0307. The monoisotopic (exact) mass is 257 g/mol. The van der Waals surface area contributed by atoms with Crippen LogP contribution in [-0.2, 0) is 16.3 Å². The van der Waals surface area contributed by atoms with Crippen molar-refractivity contribution in [3.63, 3.8) is 0 Å². The number of sulfone groups is 1. The average Bonchev–Trinajstić information content (AvgIpc) is 2.20. The smallest absolute Gasteiger partial charge is 0.150 e. The van der Waals surface area contributed by atoms with E-state index in [1.165, 1.54) is 6.26 Å². The molecule has 17 heavy (non-hydrogen) atoms. The fourth-order valence-corrected chi connectivity index (χ4v) is 1.89. The maximum atomic E-state index is 11.0. The molecular weight excluding hydrogens is 238 g/mol. The Hall–Kier alpha value is -1.07. The number of nitrogens with two attached hydrogens (primary N) is 1. The highest BCUT2D eigenvalue weighted by Gasteiger charge is 2.06. The van der Waals surface area contributed by atoms with E-state index < -0.39 is 9.84 Å². The van der Waals surface area contributed by atoms with Crippen molar-refractivity contribution in [2.75, 3.05) is 25.2 Å². The van der Waals surface area contributed by atoms with Gasteiger partial charge in [0.2, 0.25) is 0 Å². The first-order valence-electron chi connectivity index (χ1n) is 5.52. The number of hydrogen-bond donors (Lipinski definition) is 1.